The fraction of sp³-hybridized carbons (Fsp3) is 0.519. The van der Waals surface area contributed by atoms with Gasteiger partial charge in [-0.15, -0.1) is 10.2 Å². The van der Waals surface area contributed by atoms with Gasteiger partial charge in [-0.2, -0.15) is 4.80 Å². The van der Waals surface area contributed by atoms with Crippen molar-refractivity contribution in [1.82, 2.24) is 25.5 Å². The fourth-order valence-corrected chi connectivity index (χ4v) is 4.68. The van der Waals surface area contributed by atoms with Crippen molar-refractivity contribution >= 4 is 17.5 Å². The van der Waals surface area contributed by atoms with Crippen LogP contribution in [-0.4, -0.2) is 44.1 Å². The van der Waals surface area contributed by atoms with Crippen LogP contribution in [0.4, 0.5) is 5.69 Å². The van der Waals surface area contributed by atoms with Crippen LogP contribution in [0.1, 0.15) is 63.7 Å². The van der Waals surface area contributed by atoms with Gasteiger partial charge in [-0.05, 0) is 68.5 Å². The topological polar surface area (TPSA) is 106 Å². The molecular weight excluding hydrogens is 456 g/mol. The lowest BCUT2D eigenvalue weighted by molar-refractivity contribution is -0.127. The molecule has 192 valence electrons. The Bertz CT molecular complexity index is 1160. The van der Waals surface area contributed by atoms with Crippen molar-refractivity contribution in [2.45, 2.75) is 84.8 Å². The summed E-state index contributed by atoms with van der Waals surface area (Å²) >= 11 is 0. The summed E-state index contributed by atoms with van der Waals surface area (Å²) in [6.45, 7) is 7.81. The summed E-state index contributed by atoms with van der Waals surface area (Å²) in [5, 5.41) is 15.7. The zero-order chi connectivity index (χ0) is 25.7. The molecule has 1 saturated carbocycles. The van der Waals surface area contributed by atoms with Gasteiger partial charge in [-0.25, -0.2) is 0 Å². The molecule has 3 aromatic rings. The van der Waals surface area contributed by atoms with Gasteiger partial charge in [0.05, 0.1) is 0 Å². The number of amides is 2. The molecule has 2 heterocycles. The fourth-order valence-electron chi connectivity index (χ4n) is 4.68. The third kappa shape index (κ3) is 6.38. The Balaban J connectivity index is 1.60. The molecule has 36 heavy (non-hydrogen) atoms. The van der Waals surface area contributed by atoms with Crippen LogP contribution in [0.5, 0.6) is 0 Å². The first-order valence-corrected chi connectivity index (χ1v) is 12.8. The number of hydrogen-bond acceptors (Lipinski definition) is 6. The van der Waals surface area contributed by atoms with Crippen molar-refractivity contribution in [3.63, 3.8) is 0 Å². The Morgan fingerprint density at radius 2 is 1.81 bits per heavy atom. The number of carbonyl (C=O) groups excluding carboxylic acids is 2. The van der Waals surface area contributed by atoms with Crippen LogP contribution < -0.4 is 10.2 Å². The molecule has 0 spiro atoms. The van der Waals surface area contributed by atoms with E-state index in [9.17, 15) is 9.59 Å². The van der Waals surface area contributed by atoms with E-state index >= 15 is 0 Å². The van der Waals surface area contributed by atoms with Crippen LogP contribution >= 0.6 is 0 Å². The summed E-state index contributed by atoms with van der Waals surface area (Å²) in [5.74, 6) is 1.37. The average molecular weight is 493 g/mol. The maximum Gasteiger partial charge on any atom is 0.251 e. The summed E-state index contributed by atoms with van der Waals surface area (Å²) in [7, 11) is 0. The Kier molecular flexibility index (Phi) is 8.18. The number of tetrazole rings is 1. The van der Waals surface area contributed by atoms with Crippen LogP contribution in [0.15, 0.2) is 40.8 Å². The van der Waals surface area contributed by atoms with Gasteiger partial charge >= 0.3 is 0 Å². The van der Waals surface area contributed by atoms with Crippen molar-refractivity contribution in [2.24, 2.45) is 5.92 Å². The molecular formula is C27H36N6O3. The molecule has 9 heteroatoms. The molecule has 0 radical (unpaired) electrons. The molecule has 1 atom stereocenters. The highest BCUT2D eigenvalue weighted by molar-refractivity contribution is 6.00. The molecule has 9 nitrogen and oxygen atoms in total. The average Bonchev–Trinajstić information content (AvgIpc) is 3.49. The maximum atomic E-state index is 13.8. The molecule has 1 aliphatic rings. The van der Waals surface area contributed by atoms with Crippen molar-refractivity contribution in [3.8, 4) is 11.6 Å². The quantitative estimate of drug-likeness (QED) is 0.473. The van der Waals surface area contributed by atoms with Crippen LogP contribution in [0.3, 0.4) is 0 Å². The maximum absolute atomic E-state index is 13.8. The van der Waals surface area contributed by atoms with E-state index in [1.165, 1.54) is 11.2 Å². The third-order valence-electron chi connectivity index (χ3n) is 6.53. The molecule has 0 bridgehead atoms. The van der Waals surface area contributed by atoms with Gasteiger partial charge in [0.25, 0.3) is 5.91 Å². The monoisotopic (exact) mass is 492 g/mol. The number of nitrogens with one attached hydrogen (secondary N) is 1. The largest absolute Gasteiger partial charge is 0.458 e. The lowest BCUT2D eigenvalue weighted by atomic mass is 9.94. The second-order valence-electron chi connectivity index (χ2n) is 10.1. The zero-order valence-electron chi connectivity index (χ0n) is 21.6. The lowest BCUT2D eigenvalue weighted by Crippen LogP contribution is -2.53. The first kappa shape index (κ1) is 25.6. The Labute approximate surface area is 212 Å². The van der Waals surface area contributed by atoms with Gasteiger partial charge in [-0.1, -0.05) is 50.8 Å². The van der Waals surface area contributed by atoms with E-state index in [1.807, 2.05) is 44.2 Å². The first-order chi connectivity index (χ1) is 17.3. The SMILES string of the molecule is Cc1ccc(N(C(=O)Cn2nnc(-c3ccc(C)o3)n2)[C@@H](CC(C)C)C(=O)NC2CCCCC2)cc1. The highest BCUT2D eigenvalue weighted by Gasteiger charge is 2.33. The van der Waals surface area contributed by atoms with Crippen molar-refractivity contribution in [1.29, 1.82) is 0 Å². The third-order valence-corrected chi connectivity index (χ3v) is 6.53. The van der Waals surface area contributed by atoms with Gasteiger partial charge in [0.15, 0.2) is 5.76 Å². The predicted octanol–water partition coefficient (Wildman–Crippen LogP) is 4.45. The summed E-state index contributed by atoms with van der Waals surface area (Å²) < 4.78 is 5.57. The lowest BCUT2D eigenvalue weighted by Gasteiger charge is -2.34. The number of furan rings is 1. The number of rotatable bonds is 9. The number of benzene rings is 1. The van der Waals surface area contributed by atoms with Crippen LogP contribution in [0, 0.1) is 19.8 Å². The van der Waals surface area contributed by atoms with E-state index < -0.39 is 6.04 Å². The molecule has 0 saturated heterocycles. The van der Waals surface area contributed by atoms with Crippen molar-refractivity contribution in [3.05, 3.63) is 47.7 Å². The van der Waals surface area contributed by atoms with E-state index in [4.69, 9.17) is 4.42 Å². The van der Waals surface area contributed by atoms with E-state index in [0.717, 1.165) is 37.0 Å². The summed E-state index contributed by atoms with van der Waals surface area (Å²) in [6.07, 6.45) is 5.96. The summed E-state index contributed by atoms with van der Waals surface area (Å²) in [4.78, 5) is 30.2. The standard InChI is InChI=1S/C27H36N6O3/c1-18(2)16-23(27(35)28-21-8-6-5-7-9-21)33(22-13-10-19(3)11-14-22)25(34)17-32-30-26(29-31-32)24-15-12-20(4)36-24/h10-15,18,21,23H,5-9,16-17H2,1-4H3,(H,28,35)/t23-/m0/s1. The molecule has 4 rings (SSSR count). The van der Waals surface area contributed by atoms with E-state index in [1.54, 1.807) is 11.0 Å². The van der Waals surface area contributed by atoms with Crippen LogP contribution in [0.2, 0.25) is 0 Å². The number of anilines is 1. The number of carbonyl (C=O) groups is 2. The number of aryl methyl sites for hydroxylation is 2. The first-order valence-electron chi connectivity index (χ1n) is 12.8. The van der Waals surface area contributed by atoms with Gasteiger partial charge in [0, 0.05) is 11.7 Å². The molecule has 2 amide bonds. The summed E-state index contributed by atoms with van der Waals surface area (Å²) in [6, 6.07) is 10.8. The zero-order valence-corrected chi connectivity index (χ0v) is 21.6. The Hall–Kier alpha value is -3.49. The smallest absolute Gasteiger partial charge is 0.251 e. The van der Waals surface area contributed by atoms with Crippen LogP contribution in [0.25, 0.3) is 11.6 Å². The molecule has 0 unspecified atom stereocenters. The molecule has 1 fully saturated rings. The second kappa shape index (κ2) is 11.5. The van der Waals surface area contributed by atoms with Gasteiger partial charge < -0.3 is 9.73 Å². The molecule has 2 aromatic heterocycles. The highest BCUT2D eigenvalue weighted by Crippen LogP contribution is 2.25. The van der Waals surface area contributed by atoms with E-state index in [0.29, 0.717) is 23.7 Å². The predicted molar refractivity (Wildman–Crippen MR) is 137 cm³/mol. The summed E-state index contributed by atoms with van der Waals surface area (Å²) in [5.41, 5.74) is 1.76. The normalized spacial score (nSPS) is 15.1. The molecule has 1 aromatic carbocycles. The van der Waals surface area contributed by atoms with Gasteiger partial charge in [-0.3, -0.25) is 14.5 Å². The number of nitrogens with zero attached hydrogens (tertiary/aromatic N) is 5. The number of hydrogen-bond donors (Lipinski definition) is 1. The molecule has 1 N–H and O–H groups in total. The van der Waals surface area contributed by atoms with Crippen molar-refractivity contribution < 1.29 is 14.0 Å². The Morgan fingerprint density at radius 1 is 1.08 bits per heavy atom. The molecule has 1 aliphatic carbocycles. The van der Waals surface area contributed by atoms with Gasteiger partial charge in [0.2, 0.25) is 11.7 Å². The van der Waals surface area contributed by atoms with E-state index in [-0.39, 0.29) is 30.3 Å². The van der Waals surface area contributed by atoms with Crippen molar-refractivity contribution in [2.75, 3.05) is 4.90 Å². The number of aromatic nitrogens is 4. The second-order valence-corrected chi connectivity index (χ2v) is 10.1. The highest BCUT2D eigenvalue weighted by atomic mass is 16.3. The molecule has 0 aliphatic heterocycles. The van der Waals surface area contributed by atoms with Gasteiger partial charge in [0.1, 0.15) is 18.3 Å². The minimum atomic E-state index is -0.641. The minimum absolute atomic E-state index is 0.108. The minimum Gasteiger partial charge on any atom is -0.458 e. The Morgan fingerprint density at radius 3 is 2.44 bits per heavy atom. The van der Waals surface area contributed by atoms with Crippen LogP contribution in [-0.2, 0) is 16.1 Å². The van der Waals surface area contributed by atoms with E-state index in [2.05, 4.69) is 34.6 Å².